The van der Waals surface area contributed by atoms with Crippen LogP contribution in [-0.4, -0.2) is 29.1 Å². The van der Waals surface area contributed by atoms with Crippen LogP contribution in [0.5, 0.6) is 0 Å². The van der Waals surface area contributed by atoms with E-state index in [9.17, 15) is 0 Å². The van der Waals surface area contributed by atoms with E-state index in [1.165, 1.54) is 6.21 Å². The third kappa shape index (κ3) is 1.99. The molecule has 1 aromatic heterocycles. The molecule has 0 aliphatic heterocycles. The molecule has 0 aliphatic rings. The van der Waals surface area contributed by atoms with Gasteiger partial charge in [-0.25, -0.2) is 0 Å². The van der Waals surface area contributed by atoms with Gasteiger partial charge in [0, 0.05) is 25.9 Å². The molecule has 0 fully saturated rings. The predicted molar refractivity (Wildman–Crippen MR) is 49.6 cm³/mol. The van der Waals surface area contributed by atoms with Crippen molar-refractivity contribution in [2.75, 3.05) is 7.05 Å². The summed E-state index contributed by atoms with van der Waals surface area (Å²) < 4.78 is 4.82. The predicted octanol–water partition coefficient (Wildman–Crippen LogP) is 1.20. The van der Waals surface area contributed by atoms with Crippen LogP contribution in [0.25, 0.3) is 0 Å². The number of hydrogen-bond donors (Lipinski definition) is 1. The largest absolute Gasteiger partial charge is 0.340 e. The molecule has 0 bridgehead atoms. The Kier molecular flexibility index (Phi) is 2.89. The Morgan fingerprint density at radius 3 is 2.77 bits per heavy atom. The van der Waals surface area contributed by atoms with E-state index in [0.717, 1.165) is 5.71 Å². The zero-order valence-electron chi connectivity index (χ0n) is 7.90. The Hall–Kier alpha value is -1.52. The normalized spacial score (nSPS) is 14.2. The zero-order chi connectivity index (χ0) is 9.84. The summed E-state index contributed by atoms with van der Waals surface area (Å²) in [7, 11) is 1.68. The smallest absolute Gasteiger partial charge is 0.223 e. The van der Waals surface area contributed by atoms with Gasteiger partial charge in [0.2, 0.25) is 5.89 Å². The van der Waals surface area contributed by atoms with E-state index < -0.39 is 0 Å². The minimum atomic E-state index is -0.262. The van der Waals surface area contributed by atoms with Gasteiger partial charge >= 0.3 is 0 Å². The molecular weight excluding hydrogens is 168 g/mol. The second kappa shape index (κ2) is 3.93. The Morgan fingerprint density at radius 2 is 2.38 bits per heavy atom. The molecule has 1 rings (SSSR count). The van der Waals surface area contributed by atoms with Crippen molar-refractivity contribution in [1.82, 2.24) is 10.1 Å². The number of aromatic nitrogens is 2. The molecule has 1 aromatic rings. The molecule has 0 saturated heterocycles. The van der Waals surface area contributed by atoms with E-state index >= 15 is 0 Å². The Morgan fingerprint density at radius 1 is 1.69 bits per heavy atom. The minimum absolute atomic E-state index is 0.262. The summed E-state index contributed by atoms with van der Waals surface area (Å²) in [6, 6.07) is 0. The van der Waals surface area contributed by atoms with Gasteiger partial charge in [0.15, 0.2) is 5.82 Å². The summed E-state index contributed by atoms with van der Waals surface area (Å²) in [6.07, 6.45) is 1.26. The van der Waals surface area contributed by atoms with Crippen LogP contribution < -0.4 is 0 Å². The van der Waals surface area contributed by atoms with Crippen molar-refractivity contribution in [3.05, 3.63) is 11.7 Å². The lowest BCUT2D eigenvalue weighted by molar-refractivity contribution is 0.388. The van der Waals surface area contributed by atoms with Crippen LogP contribution in [0.3, 0.4) is 0 Å². The first-order valence-electron chi connectivity index (χ1n) is 3.93. The average molecular weight is 180 g/mol. The fraction of sp³-hybridized carbons (Fsp3) is 0.500. The Bertz CT molecular complexity index is 329. The molecule has 1 unspecified atom stereocenters. The van der Waals surface area contributed by atoms with E-state index in [4.69, 9.17) is 9.93 Å². The topological polar surface area (TPSA) is 75.1 Å². The third-order valence-electron chi connectivity index (χ3n) is 1.79. The molecule has 1 N–H and O–H groups in total. The van der Waals surface area contributed by atoms with E-state index in [2.05, 4.69) is 15.1 Å². The molecule has 0 saturated carbocycles. The maximum atomic E-state index is 7.21. The molecule has 70 valence electrons. The summed E-state index contributed by atoms with van der Waals surface area (Å²) in [5, 5.41) is 11.0. The highest BCUT2D eigenvalue weighted by molar-refractivity contribution is 6.00. The standard InChI is InChI=1S/C8H12N4O/c1-5(10-3)7(4-9)8-11-6(2)13-12-8/h4,7,9H,1-3H3. The van der Waals surface area contributed by atoms with E-state index in [-0.39, 0.29) is 5.92 Å². The molecule has 0 spiro atoms. The van der Waals surface area contributed by atoms with Crippen molar-refractivity contribution in [3.63, 3.8) is 0 Å². The summed E-state index contributed by atoms with van der Waals surface area (Å²) >= 11 is 0. The van der Waals surface area contributed by atoms with Crippen LogP contribution in [0.1, 0.15) is 24.6 Å². The summed E-state index contributed by atoms with van der Waals surface area (Å²) in [5.74, 6) is 0.740. The van der Waals surface area contributed by atoms with Gasteiger partial charge in [-0.2, -0.15) is 4.98 Å². The van der Waals surface area contributed by atoms with Crippen molar-refractivity contribution in [1.29, 1.82) is 5.41 Å². The fourth-order valence-corrected chi connectivity index (χ4v) is 0.962. The Labute approximate surface area is 76.4 Å². The fourth-order valence-electron chi connectivity index (χ4n) is 0.962. The third-order valence-corrected chi connectivity index (χ3v) is 1.79. The van der Waals surface area contributed by atoms with Crippen molar-refractivity contribution in [2.24, 2.45) is 4.99 Å². The second-order valence-corrected chi connectivity index (χ2v) is 2.68. The molecule has 5 nitrogen and oxygen atoms in total. The van der Waals surface area contributed by atoms with Gasteiger partial charge in [0.1, 0.15) is 0 Å². The molecule has 5 heteroatoms. The second-order valence-electron chi connectivity index (χ2n) is 2.68. The lowest BCUT2D eigenvalue weighted by Gasteiger charge is -2.04. The summed E-state index contributed by atoms with van der Waals surface area (Å²) in [5.41, 5.74) is 0.802. The van der Waals surface area contributed by atoms with Gasteiger partial charge in [-0.15, -0.1) is 0 Å². The van der Waals surface area contributed by atoms with Gasteiger partial charge in [-0.3, -0.25) is 4.99 Å². The van der Waals surface area contributed by atoms with Gasteiger partial charge in [-0.05, 0) is 6.92 Å². The lowest BCUT2D eigenvalue weighted by atomic mass is 10.1. The maximum Gasteiger partial charge on any atom is 0.223 e. The molecular formula is C8H12N4O. The maximum absolute atomic E-state index is 7.21. The first-order chi connectivity index (χ1) is 6.19. The van der Waals surface area contributed by atoms with E-state index in [1.54, 1.807) is 14.0 Å². The van der Waals surface area contributed by atoms with Gasteiger partial charge in [-0.1, -0.05) is 5.16 Å². The Balaban J connectivity index is 2.97. The minimum Gasteiger partial charge on any atom is -0.340 e. The van der Waals surface area contributed by atoms with Crippen molar-refractivity contribution < 1.29 is 4.52 Å². The molecule has 0 amide bonds. The first kappa shape index (κ1) is 9.57. The number of rotatable bonds is 3. The van der Waals surface area contributed by atoms with Crippen LogP contribution in [0.4, 0.5) is 0 Å². The highest BCUT2D eigenvalue weighted by Crippen LogP contribution is 2.11. The molecule has 0 aliphatic carbocycles. The summed E-state index contributed by atoms with van der Waals surface area (Å²) in [4.78, 5) is 8.03. The SMILES string of the molecule is CN=C(C)C(C=N)c1noc(C)n1. The van der Waals surface area contributed by atoms with Crippen molar-refractivity contribution in [2.45, 2.75) is 19.8 Å². The van der Waals surface area contributed by atoms with Gasteiger partial charge in [0.25, 0.3) is 0 Å². The van der Waals surface area contributed by atoms with Crippen molar-refractivity contribution >= 4 is 11.9 Å². The van der Waals surface area contributed by atoms with Gasteiger partial charge in [0.05, 0.1) is 5.92 Å². The number of nitrogens with zero attached hydrogens (tertiary/aromatic N) is 3. The van der Waals surface area contributed by atoms with Crippen LogP contribution in [0, 0.1) is 12.3 Å². The van der Waals surface area contributed by atoms with Crippen LogP contribution >= 0.6 is 0 Å². The van der Waals surface area contributed by atoms with Gasteiger partial charge < -0.3 is 9.93 Å². The molecule has 1 atom stereocenters. The average Bonchev–Trinajstić information content (AvgIpc) is 2.53. The molecule has 0 radical (unpaired) electrons. The lowest BCUT2D eigenvalue weighted by Crippen LogP contribution is -2.12. The number of aliphatic imine (C=N–C) groups is 1. The summed E-state index contributed by atoms with van der Waals surface area (Å²) in [6.45, 7) is 3.55. The van der Waals surface area contributed by atoms with E-state index in [0.29, 0.717) is 11.7 Å². The highest BCUT2D eigenvalue weighted by atomic mass is 16.5. The molecule has 0 aromatic carbocycles. The van der Waals surface area contributed by atoms with E-state index in [1.807, 2.05) is 6.92 Å². The number of hydrogen-bond acceptors (Lipinski definition) is 5. The van der Waals surface area contributed by atoms with Crippen LogP contribution in [0.15, 0.2) is 9.52 Å². The molecule has 1 heterocycles. The van der Waals surface area contributed by atoms with Crippen LogP contribution in [0.2, 0.25) is 0 Å². The monoisotopic (exact) mass is 180 g/mol. The first-order valence-corrected chi connectivity index (χ1v) is 3.93. The van der Waals surface area contributed by atoms with Crippen LogP contribution in [-0.2, 0) is 0 Å². The van der Waals surface area contributed by atoms with Crippen molar-refractivity contribution in [3.8, 4) is 0 Å². The number of aryl methyl sites for hydroxylation is 1. The zero-order valence-corrected chi connectivity index (χ0v) is 7.90. The quantitative estimate of drug-likeness (QED) is 0.710. The highest BCUT2D eigenvalue weighted by Gasteiger charge is 2.17. The molecule has 13 heavy (non-hydrogen) atoms. The number of nitrogens with one attached hydrogen (secondary N) is 1.